The lowest BCUT2D eigenvalue weighted by Gasteiger charge is -2.39. The molecule has 13 nitrogen and oxygen atoms in total. The fraction of sp³-hybridized carbons (Fsp3) is 0.743. The number of nitrogens with zero attached hydrogens (tertiary/aromatic N) is 2. The van der Waals surface area contributed by atoms with E-state index in [0.29, 0.717) is 13.0 Å². The summed E-state index contributed by atoms with van der Waals surface area (Å²) < 4.78 is 28.3. The number of likely N-dealkylation sites (N-methyl/N-ethyl adjacent to an activating group) is 1. The summed E-state index contributed by atoms with van der Waals surface area (Å²) >= 11 is 1.13. The summed E-state index contributed by atoms with van der Waals surface area (Å²) in [6.07, 6.45) is 3.15. The minimum Gasteiger partial charge on any atom is -0.363 e. The average molecular weight is 737 g/mol. The van der Waals surface area contributed by atoms with Gasteiger partial charge in [0.2, 0.25) is 17.6 Å². The van der Waals surface area contributed by atoms with Gasteiger partial charge in [-0.25, -0.2) is 13.2 Å². The fourth-order valence-corrected chi connectivity index (χ4v) is 9.96. The largest absolute Gasteiger partial charge is 0.363 e. The molecule has 2 saturated carbocycles. The Bertz CT molecular complexity index is 1560. The maximum atomic E-state index is 14.4. The summed E-state index contributed by atoms with van der Waals surface area (Å²) in [4.78, 5) is 68.3. The molecule has 1 aromatic rings. The number of nitrogens with one attached hydrogen (secondary N) is 3. The van der Waals surface area contributed by atoms with E-state index in [2.05, 4.69) is 16.0 Å². The number of hydrogen-bond donors (Lipinski definition) is 4. The van der Waals surface area contributed by atoms with Gasteiger partial charge >= 0.3 is 6.03 Å². The minimum absolute atomic E-state index is 0.0145. The number of primary amides is 1. The molecule has 0 aromatic carbocycles. The Morgan fingerprint density at radius 1 is 1.04 bits per heavy atom. The molecule has 5 N–H and O–H groups in total. The van der Waals surface area contributed by atoms with Crippen molar-refractivity contribution in [2.24, 2.45) is 39.7 Å². The summed E-state index contributed by atoms with van der Waals surface area (Å²) in [5, 5.41) is 10.3. The zero-order valence-electron chi connectivity index (χ0n) is 30.9. The molecule has 1 saturated heterocycles. The number of amides is 5. The third-order valence-corrected chi connectivity index (χ3v) is 14.3. The minimum atomic E-state index is -3.78. The second-order valence-electron chi connectivity index (χ2n) is 16.9. The van der Waals surface area contributed by atoms with Crippen LogP contribution in [0.2, 0.25) is 0 Å². The summed E-state index contributed by atoms with van der Waals surface area (Å²) in [7, 11) is -3.78. The van der Waals surface area contributed by atoms with Gasteiger partial charge in [0.05, 0.1) is 6.04 Å². The van der Waals surface area contributed by atoms with Crippen LogP contribution in [0.25, 0.3) is 0 Å². The molecule has 50 heavy (non-hydrogen) atoms. The molecule has 6 atom stereocenters. The van der Waals surface area contributed by atoms with Gasteiger partial charge in [0.1, 0.15) is 16.3 Å². The Labute approximate surface area is 300 Å². The van der Waals surface area contributed by atoms with Gasteiger partial charge in [-0.15, -0.1) is 11.3 Å². The number of fused-ring (bicyclic) bond motifs is 1. The van der Waals surface area contributed by atoms with E-state index in [1.165, 1.54) is 9.21 Å². The molecule has 0 radical (unpaired) electrons. The van der Waals surface area contributed by atoms with Crippen LogP contribution in [0, 0.1) is 34.0 Å². The fourth-order valence-electron chi connectivity index (χ4n) is 7.36. The maximum Gasteiger partial charge on any atom is 0.315 e. The first kappa shape index (κ1) is 39.7. The van der Waals surface area contributed by atoms with Crippen molar-refractivity contribution in [2.75, 3.05) is 19.6 Å². The quantitative estimate of drug-likeness (QED) is 0.211. The molecule has 1 aromatic heterocycles. The van der Waals surface area contributed by atoms with Crippen molar-refractivity contribution in [1.82, 2.24) is 25.2 Å². The number of nitrogens with two attached hydrogens (primary N) is 1. The molecular weight excluding hydrogens is 681 g/mol. The maximum absolute atomic E-state index is 14.4. The molecule has 0 bridgehead atoms. The lowest BCUT2D eigenvalue weighted by Crippen LogP contribution is -2.63. The van der Waals surface area contributed by atoms with Gasteiger partial charge in [-0.2, -0.15) is 4.31 Å². The van der Waals surface area contributed by atoms with Crippen LogP contribution >= 0.6 is 11.3 Å². The van der Waals surface area contributed by atoms with E-state index in [4.69, 9.17) is 5.73 Å². The van der Waals surface area contributed by atoms with Crippen LogP contribution in [0.3, 0.4) is 0 Å². The van der Waals surface area contributed by atoms with E-state index in [-0.39, 0.29) is 40.5 Å². The van der Waals surface area contributed by atoms with E-state index in [0.717, 1.165) is 30.6 Å². The number of Topliss-reactive ketones (excluding diaryl/α,β-unsaturated/α-hetero) is 1. The first-order chi connectivity index (χ1) is 23.0. The highest BCUT2D eigenvalue weighted by molar-refractivity contribution is 7.91. The molecule has 2 heterocycles. The molecule has 1 aliphatic heterocycles. The molecule has 2 aliphatic carbocycles. The predicted octanol–water partition coefficient (Wildman–Crippen LogP) is 3.10. The van der Waals surface area contributed by atoms with E-state index in [1.54, 1.807) is 24.4 Å². The van der Waals surface area contributed by atoms with Gasteiger partial charge in [0.25, 0.3) is 15.9 Å². The third-order valence-electron chi connectivity index (χ3n) is 11.0. The number of hydrogen-bond acceptors (Lipinski definition) is 8. The lowest BCUT2D eigenvalue weighted by molar-refractivity contribution is -0.145. The van der Waals surface area contributed by atoms with Crippen LogP contribution in [-0.4, -0.2) is 91.0 Å². The molecule has 5 amide bonds. The van der Waals surface area contributed by atoms with Gasteiger partial charge in [0.15, 0.2) is 0 Å². The molecule has 280 valence electrons. The highest BCUT2D eigenvalue weighted by Gasteiger charge is 2.70. The number of ketones is 1. The molecule has 3 aliphatic rings. The number of carbonyl (C=O) groups excluding carboxylic acids is 5. The lowest BCUT2D eigenvalue weighted by atomic mass is 9.80. The SMILES string of the molecule is CCN(C[C@@H](NC(=O)N[C@H](C(=O)N1C[C@H]2[C@@H]([C@H]1C(=O)N[C@H](CC1CCC1)C(=O)C(N)=O)C2(C)C)C(C)(C)C)C(C)(C)C)S(=O)(=O)c1cccs1. The smallest absolute Gasteiger partial charge is 0.315 e. The van der Waals surface area contributed by atoms with Gasteiger partial charge in [-0.1, -0.05) is 87.6 Å². The number of carbonyl (C=O) groups is 5. The number of likely N-dealkylation sites (tertiary alicyclic amines) is 1. The molecule has 0 spiro atoms. The molecule has 0 unspecified atom stereocenters. The zero-order valence-corrected chi connectivity index (χ0v) is 32.5. The molecule has 4 rings (SSSR count). The number of piperidine rings is 1. The summed E-state index contributed by atoms with van der Waals surface area (Å²) in [6, 6.07) is -1.04. The number of sulfonamides is 1. The summed E-state index contributed by atoms with van der Waals surface area (Å²) in [5.41, 5.74) is 3.80. The molecular formula is C35H56N6O7S2. The Kier molecular flexibility index (Phi) is 11.5. The van der Waals surface area contributed by atoms with Crippen LogP contribution < -0.4 is 21.7 Å². The first-order valence-corrected chi connectivity index (χ1v) is 19.9. The van der Waals surface area contributed by atoms with Crippen LogP contribution in [0.5, 0.6) is 0 Å². The van der Waals surface area contributed by atoms with Crippen molar-refractivity contribution in [1.29, 1.82) is 0 Å². The molecule has 15 heteroatoms. The number of urea groups is 1. The summed E-state index contributed by atoms with van der Waals surface area (Å²) in [6.45, 7) is 17.5. The normalized spacial score (nSPS) is 23.6. The van der Waals surface area contributed by atoms with Crippen molar-refractivity contribution in [2.45, 2.75) is 116 Å². The van der Waals surface area contributed by atoms with Crippen LogP contribution in [0.15, 0.2) is 21.7 Å². The standard InChI is InChI=1S/C35H56N6O7S2/c1-10-40(50(47,48)24-15-12-16-49-24)19-23(33(2,3)4)38-32(46)39-28(34(5,6)7)31(45)41-18-21-25(35(21,8)9)26(41)30(44)37-22(27(42)29(36)43)17-20-13-11-14-20/h12,15-16,20-23,25-26,28H,10-11,13-14,17-19H2,1-9H3,(H2,36,43)(H,37,44)(H2,38,39,46)/t21-,22+,23+,25-,26-,28+/m0/s1. The Hall–Kier alpha value is -3.04. The third kappa shape index (κ3) is 8.36. The second kappa shape index (κ2) is 14.5. The van der Waals surface area contributed by atoms with E-state index in [9.17, 15) is 32.4 Å². The van der Waals surface area contributed by atoms with E-state index >= 15 is 0 Å². The van der Waals surface area contributed by atoms with Crippen LogP contribution in [0.4, 0.5) is 4.79 Å². The van der Waals surface area contributed by atoms with E-state index < -0.39 is 74.6 Å². The average Bonchev–Trinajstić information content (AvgIpc) is 3.44. The van der Waals surface area contributed by atoms with Crippen molar-refractivity contribution in [3.05, 3.63) is 17.5 Å². The van der Waals surface area contributed by atoms with Crippen molar-refractivity contribution < 1.29 is 32.4 Å². The van der Waals surface area contributed by atoms with Crippen molar-refractivity contribution in [3.63, 3.8) is 0 Å². The van der Waals surface area contributed by atoms with Crippen molar-refractivity contribution in [3.8, 4) is 0 Å². The predicted molar refractivity (Wildman–Crippen MR) is 191 cm³/mol. The van der Waals surface area contributed by atoms with Crippen molar-refractivity contribution >= 4 is 50.9 Å². The summed E-state index contributed by atoms with van der Waals surface area (Å²) in [5.74, 6) is -2.81. The topological polar surface area (TPSA) is 188 Å². The zero-order chi connectivity index (χ0) is 37.6. The van der Waals surface area contributed by atoms with Gasteiger partial charge in [0, 0.05) is 25.7 Å². The second-order valence-corrected chi connectivity index (χ2v) is 20.0. The van der Waals surface area contributed by atoms with E-state index in [1.807, 2.05) is 55.4 Å². The Balaban J connectivity index is 1.54. The van der Waals surface area contributed by atoms with Crippen LogP contribution in [-0.2, 0) is 29.2 Å². The molecule has 3 fully saturated rings. The van der Waals surface area contributed by atoms with Gasteiger partial charge in [-0.3, -0.25) is 19.2 Å². The number of rotatable bonds is 14. The monoisotopic (exact) mass is 736 g/mol. The highest BCUT2D eigenvalue weighted by atomic mass is 32.2. The highest BCUT2D eigenvalue weighted by Crippen LogP contribution is 2.65. The Morgan fingerprint density at radius 3 is 2.16 bits per heavy atom. The van der Waals surface area contributed by atoms with Gasteiger partial charge < -0.3 is 26.6 Å². The number of thiophene rings is 1. The Morgan fingerprint density at radius 2 is 1.68 bits per heavy atom. The first-order valence-electron chi connectivity index (χ1n) is 17.6. The van der Waals surface area contributed by atoms with Gasteiger partial charge in [-0.05, 0) is 51.9 Å². The van der Waals surface area contributed by atoms with Crippen LogP contribution in [0.1, 0.15) is 88.0 Å².